The molecule has 0 saturated heterocycles. The lowest BCUT2D eigenvalue weighted by molar-refractivity contribution is -0.121. The van der Waals surface area contributed by atoms with Crippen molar-refractivity contribution in [3.8, 4) is 0 Å². The van der Waals surface area contributed by atoms with E-state index in [2.05, 4.69) is 35.9 Å². The third kappa shape index (κ3) is 3.86. The first-order chi connectivity index (χ1) is 9.06. The molecule has 1 saturated carbocycles. The second-order valence-corrected chi connectivity index (χ2v) is 5.94. The molecule has 0 atom stereocenters. The molecule has 1 aromatic rings. The van der Waals surface area contributed by atoms with Crippen LogP contribution in [-0.4, -0.2) is 38.5 Å². The molecule has 1 aliphatic carbocycles. The maximum absolute atomic E-state index is 11.3. The molecule has 0 aromatic carbocycles. The minimum atomic E-state index is 0.410. The van der Waals surface area contributed by atoms with E-state index in [1.165, 1.54) is 0 Å². The smallest absolute Gasteiger partial charge is 0.141 e. The minimum Gasteiger partial charge on any atom is -0.300 e. The van der Waals surface area contributed by atoms with Gasteiger partial charge >= 0.3 is 0 Å². The highest BCUT2D eigenvalue weighted by molar-refractivity contribution is 5.79. The molecule has 0 aliphatic heterocycles. The molecule has 0 N–H and O–H groups in total. The molecule has 5 heteroatoms. The predicted octanol–water partition coefficient (Wildman–Crippen LogP) is 1.88. The summed E-state index contributed by atoms with van der Waals surface area (Å²) in [6.45, 7) is 6.09. The van der Waals surface area contributed by atoms with Gasteiger partial charge in [0.25, 0.3) is 0 Å². The summed E-state index contributed by atoms with van der Waals surface area (Å²) < 4.78 is 2.00. The van der Waals surface area contributed by atoms with Crippen molar-refractivity contribution in [2.24, 2.45) is 5.92 Å². The third-order valence-corrected chi connectivity index (χ3v) is 3.76. The second kappa shape index (κ2) is 6.28. The molecule has 0 amide bonds. The molecule has 0 bridgehead atoms. The van der Waals surface area contributed by atoms with Crippen LogP contribution in [0.4, 0.5) is 0 Å². The predicted molar refractivity (Wildman–Crippen MR) is 73.6 cm³/mol. The topological polar surface area (TPSA) is 51.0 Å². The van der Waals surface area contributed by atoms with Crippen LogP contribution in [0.1, 0.15) is 45.4 Å². The fourth-order valence-electron chi connectivity index (χ4n) is 2.63. The van der Waals surface area contributed by atoms with Gasteiger partial charge in [-0.05, 0) is 25.8 Å². The van der Waals surface area contributed by atoms with Crippen LogP contribution in [0.2, 0.25) is 0 Å². The zero-order chi connectivity index (χ0) is 13.8. The number of Topliss-reactive ketones (excluding diaryl/α,β-unsaturated/α-hetero) is 1. The molecule has 0 spiro atoms. The van der Waals surface area contributed by atoms with E-state index in [4.69, 9.17) is 0 Å². The fourth-order valence-corrected chi connectivity index (χ4v) is 2.63. The van der Waals surface area contributed by atoms with Gasteiger partial charge in [-0.1, -0.05) is 13.8 Å². The Hall–Kier alpha value is -1.23. The summed E-state index contributed by atoms with van der Waals surface area (Å²) in [6, 6.07) is 0.502. The number of hydrogen-bond donors (Lipinski definition) is 0. The summed E-state index contributed by atoms with van der Waals surface area (Å²) in [4.78, 5) is 18.0. The molecular formula is C14H24N4O. The Morgan fingerprint density at radius 3 is 2.74 bits per heavy atom. The van der Waals surface area contributed by atoms with Crippen LogP contribution in [0.5, 0.6) is 0 Å². The molecule has 0 radical (unpaired) electrons. The van der Waals surface area contributed by atoms with Gasteiger partial charge in [-0.2, -0.15) is 5.10 Å². The molecular weight excluding hydrogens is 240 g/mol. The fraction of sp³-hybridized carbons (Fsp3) is 0.786. The normalized spacial score (nSPS) is 17.6. The molecule has 0 unspecified atom stereocenters. The van der Waals surface area contributed by atoms with Crippen LogP contribution in [0.25, 0.3) is 0 Å². The number of nitrogens with zero attached hydrogens (tertiary/aromatic N) is 4. The van der Waals surface area contributed by atoms with Crippen LogP contribution in [-0.2, 0) is 17.9 Å². The van der Waals surface area contributed by atoms with Crippen molar-refractivity contribution >= 4 is 5.78 Å². The number of aromatic nitrogens is 3. The lowest BCUT2D eigenvalue weighted by Gasteiger charge is -2.30. The van der Waals surface area contributed by atoms with E-state index < -0.39 is 0 Å². The van der Waals surface area contributed by atoms with Crippen LogP contribution in [0.3, 0.4) is 0 Å². The van der Waals surface area contributed by atoms with Crippen LogP contribution < -0.4 is 0 Å². The monoisotopic (exact) mass is 264 g/mol. The molecule has 2 rings (SSSR count). The third-order valence-electron chi connectivity index (χ3n) is 3.76. The minimum absolute atomic E-state index is 0.410. The highest BCUT2D eigenvalue weighted by Crippen LogP contribution is 2.20. The Balaban J connectivity index is 1.93. The zero-order valence-corrected chi connectivity index (χ0v) is 12.2. The van der Waals surface area contributed by atoms with Gasteiger partial charge in [0.2, 0.25) is 0 Å². The molecule has 1 heterocycles. The Labute approximate surface area is 115 Å². The number of hydrogen-bond acceptors (Lipinski definition) is 4. The molecule has 1 aliphatic rings. The lowest BCUT2D eigenvalue weighted by atomic mass is 9.93. The van der Waals surface area contributed by atoms with E-state index >= 15 is 0 Å². The first-order valence-corrected chi connectivity index (χ1v) is 7.15. The second-order valence-electron chi connectivity index (χ2n) is 5.94. The Kier molecular flexibility index (Phi) is 4.69. The number of carbonyl (C=O) groups is 1. The summed E-state index contributed by atoms with van der Waals surface area (Å²) in [7, 11) is 2.12. The van der Waals surface area contributed by atoms with Crippen LogP contribution >= 0.6 is 0 Å². The van der Waals surface area contributed by atoms with E-state index in [1.807, 2.05) is 4.68 Å². The lowest BCUT2D eigenvalue weighted by Crippen LogP contribution is -2.35. The van der Waals surface area contributed by atoms with Gasteiger partial charge in [-0.25, -0.2) is 9.67 Å². The van der Waals surface area contributed by atoms with Crippen LogP contribution in [0.15, 0.2) is 6.33 Å². The van der Waals surface area contributed by atoms with Crippen molar-refractivity contribution in [2.75, 3.05) is 7.05 Å². The summed E-state index contributed by atoms with van der Waals surface area (Å²) in [5.74, 6) is 2.00. The van der Waals surface area contributed by atoms with Crippen molar-refractivity contribution < 1.29 is 4.79 Å². The van der Waals surface area contributed by atoms with Gasteiger partial charge in [-0.3, -0.25) is 9.69 Å². The van der Waals surface area contributed by atoms with Crippen molar-refractivity contribution in [3.63, 3.8) is 0 Å². The summed E-state index contributed by atoms with van der Waals surface area (Å²) in [5, 5.41) is 4.29. The Bertz CT molecular complexity index is 417. The van der Waals surface area contributed by atoms with E-state index in [0.717, 1.165) is 44.6 Å². The van der Waals surface area contributed by atoms with Crippen molar-refractivity contribution in [3.05, 3.63) is 12.2 Å². The van der Waals surface area contributed by atoms with Crippen LogP contribution in [0, 0.1) is 5.92 Å². The van der Waals surface area contributed by atoms with Gasteiger partial charge in [0.15, 0.2) is 0 Å². The summed E-state index contributed by atoms with van der Waals surface area (Å²) in [5.41, 5.74) is 0. The number of rotatable bonds is 5. The number of carbonyl (C=O) groups excluding carboxylic acids is 1. The Morgan fingerprint density at radius 1 is 1.42 bits per heavy atom. The SMILES string of the molecule is CC(C)Cn1ncnc1CN(C)C1CCC(=O)CC1. The van der Waals surface area contributed by atoms with Gasteiger partial charge in [-0.15, -0.1) is 0 Å². The first kappa shape index (κ1) is 14.2. The highest BCUT2D eigenvalue weighted by atomic mass is 16.1. The van der Waals surface area contributed by atoms with Crippen molar-refractivity contribution in [1.82, 2.24) is 19.7 Å². The van der Waals surface area contributed by atoms with Crippen molar-refractivity contribution in [2.45, 2.75) is 58.7 Å². The largest absolute Gasteiger partial charge is 0.300 e. The van der Waals surface area contributed by atoms with Gasteiger partial charge in [0, 0.05) is 25.4 Å². The molecule has 1 fully saturated rings. The van der Waals surface area contributed by atoms with Gasteiger partial charge < -0.3 is 0 Å². The standard InChI is InChI=1S/C14H24N4O/c1-11(2)8-18-14(15-10-16-18)9-17(3)12-4-6-13(19)7-5-12/h10-12H,4-9H2,1-3H3. The first-order valence-electron chi connectivity index (χ1n) is 7.15. The summed E-state index contributed by atoms with van der Waals surface area (Å²) in [6.07, 6.45) is 5.05. The quantitative estimate of drug-likeness (QED) is 0.815. The maximum atomic E-state index is 11.3. The van der Waals surface area contributed by atoms with Gasteiger partial charge in [0.1, 0.15) is 17.9 Å². The molecule has 1 aromatic heterocycles. The average Bonchev–Trinajstić information content (AvgIpc) is 2.76. The van der Waals surface area contributed by atoms with E-state index in [9.17, 15) is 4.79 Å². The van der Waals surface area contributed by atoms with Gasteiger partial charge in [0.05, 0.1) is 6.54 Å². The molecule has 106 valence electrons. The van der Waals surface area contributed by atoms with E-state index in [1.54, 1.807) is 6.33 Å². The van der Waals surface area contributed by atoms with Crippen molar-refractivity contribution in [1.29, 1.82) is 0 Å². The highest BCUT2D eigenvalue weighted by Gasteiger charge is 2.23. The van der Waals surface area contributed by atoms with E-state index in [-0.39, 0.29) is 0 Å². The zero-order valence-electron chi connectivity index (χ0n) is 12.2. The molecule has 19 heavy (non-hydrogen) atoms. The average molecular weight is 264 g/mol. The van der Waals surface area contributed by atoms with E-state index in [0.29, 0.717) is 17.7 Å². The number of ketones is 1. The Morgan fingerprint density at radius 2 is 2.11 bits per heavy atom. The maximum Gasteiger partial charge on any atom is 0.141 e. The molecule has 5 nitrogen and oxygen atoms in total. The summed E-state index contributed by atoms with van der Waals surface area (Å²) >= 11 is 0.